The summed E-state index contributed by atoms with van der Waals surface area (Å²) in [5.74, 6) is 0.799. The number of hydrogen-bond donors (Lipinski definition) is 1. The molecule has 0 aromatic heterocycles. The molecule has 1 saturated heterocycles. The van der Waals surface area contributed by atoms with E-state index >= 15 is 0 Å². The lowest BCUT2D eigenvalue weighted by Crippen LogP contribution is -2.51. The molecule has 14 heavy (non-hydrogen) atoms. The van der Waals surface area contributed by atoms with Crippen LogP contribution in [0.15, 0.2) is 0 Å². The van der Waals surface area contributed by atoms with E-state index < -0.39 is 0 Å². The van der Waals surface area contributed by atoms with Crippen LogP contribution in [0.3, 0.4) is 0 Å². The van der Waals surface area contributed by atoms with Gasteiger partial charge in [-0.05, 0) is 13.0 Å². The predicted octanol–water partition coefficient (Wildman–Crippen LogP) is 0.953. The Kier molecular flexibility index (Phi) is 5.45. The fraction of sp³-hybridized carbons (Fsp3) is 1.00. The molecule has 2 atom stereocenters. The molecule has 1 aliphatic heterocycles. The maximum absolute atomic E-state index is 5.50. The van der Waals surface area contributed by atoms with Gasteiger partial charge in [0.2, 0.25) is 0 Å². The number of ether oxygens (including phenoxy) is 1. The highest BCUT2D eigenvalue weighted by molar-refractivity contribution is 4.77. The summed E-state index contributed by atoms with van der Waals surface area (Å²) in [5, 5.41) is 3.24. The molecule has 1 rings (SSSR count). The lowest BCUT2D eigenvalue weighted by Gasteiger charge is -2.36. The van der Waals surface area contributed by atoms with Crippen LogP contribution in [0, 0.1) is 5.92 Å². The Hall–Kier alpha value is -0.120. The third-order valence-corrected chi connectivity index (χ3v) is 3.03. The Morgan fingerprint density at radius 2 is 2.36 bits per heavy atom. The van der Waals surface area contributed by atoms with E-state index in [2.05, 4.69) is 24.1 Å². The maximum atomic E-state index is 5.50. The van der Waals surface area contributed by atoms with Gasteiger partial charge >= 0.3 is 0 Å². The van der Waals surface area contributed by atoms with Crippen molar-refractivity contribution in [3.8, 4) is 0 Å². The topological polar surface area (TPSA) is 24.5 Å². The standard InChI is InChI=1S/C11H24N2O/c1-4-10(2)8-13-5-6-14-9-11(13)7-12-3/h10-12H,4-9H2,1-3H3. The number of nitrogens with zero attached hydrogens (tertiary/aromatic N) is 1. The van der Waals surface area contributed by atoms with Crippen LogP contribution in [0.5, 0.6) is 0 Å². The van der Waals surface area contributed by atoms with Gasteiger partial charge in [-0.25, -0.2) is 0 Å². The van der Waals surface area contributed by atoms with Crippen LogP contribution in [0.1, 0.15) is 20.3 Å². The average Bonchev–Trinajstić information content (AvgIpc) is 2.21. The zero-order chi connectivity index (χ0) is 10.4. The van der Waals surface area contributed by atoms with E-state index in [4.69, 9.17) is 4.74 Å². The van der Waals surface area contributed by atoms with Crippen molar-refractivity contribution in [2.24, 2.45) is 5.92 Å². The smallest absolute Gasteiger partial charge is 0.0634 e. The van der Waals surface area contributed by atoms with Crippen LogP contribution in [-0.4, -0.2) is 50.8 Å². The lowest BCUT2D eigenvalue weighted by atomic mass is 10.1. The Bertz CT molecular complexity index is 150. The molecule has 3 heteroatoms. The molecular formula is C11H24N2O. The predicted molar refractivity (Wildman–Crippen MR) is 59.6 cm³/mol. The lowest BCUT2D eigenvalue weighted by molar-refractivity contribution is -0.0122. The van der Waals surface area contributed by atoms with Gasteiger partial charge in [0.1, 0.15) is 0 Å². The van der Waals surface area contributed by atoms with Crippen LogP contribution >= 0.6 is 0 Å². The summed E-state index contributed by atoms with van der Waals surface area (Å²) in [4.78, 5) is 2.56. The summed E-state index contributed by atoms with van der Waals surface area (Å²) in [6, 6.07) is 0.572. The van der Waals surface area contributed by atoms with Crippen molar-refractivity contribution in [3.63, 3.8) is 0 Å². The molecular weight excluding hydrogens is 176 g/mol. The van der Waals surface area contributed by atoms with Crippen LogP contribution in [-0.2, 0) is 4.74 Å². The summed E-state index contributed by atoms with van der Waals surface area (Å²) in [6.45, 7) is 9.72. The van der Waals surface area contributed by atoms with Crippen LogP contribution < -0.4 is 5.32 Å². The quantitative estimate of drug-likeness (QED) is 0.715. The van der Waals surface area contributed by atoms with Crippen molar-refractivity contribution in [1.82, 2.24) is 10.2 Å². The summed E-state index contributed by atoms with van der Waals surface area (Å²) in [5.41, 5.74) is 0. The van der Waals surface area contributed by atoms with Crippen LogP contribution in [0.4, 0.5) is 0 Å². The Labute approximate surface area is 87.8 Å². The fourth-order valence-corrected chi connectivity index (χ4v) is 1.88. The number of rotatable bonds is 5. The number of nitrogens with one attached hydrogen (secondary N) is 1. The van der Waals surface area contributed by atoms with Crippen LogP contribution in [0.25, 0.3) is 0 Å². The molecule has 2 unspecified atom stereocenters. The van der Waals surface area contributed by atoms with Crippen molar-refractivity contribution in [2.45, 2.75) is 26.3 Å². The Morgan fingerprint density at radius 1 is 1.57 bits per heavy atom. The summed E-state index contributed by atoms with van der Waals surface area (Å²) >= 11 is 0. The van der Waals surface area contributed by atoms with Gasteiger partial charge in [-0.2, -0.15) is 0 Å². The average molecular weight is 200 g/mol. The van der Waals surface area contributed by atoms with Gasteiger partial charge in [0.15, 0.2) is 0 Å². The SMILES string of the molecule is CCC(C)CN1CCOCC1CNC. The van der Waals surface area contributed by atoms with E-state index in [0.29, 0.717) is 6.04 Å². The largest absolute Gasteiger partial charge is 0.378 e. The van der Waals surface area contributed by atoms with Gasteiger partial charge in [-0.15, -0.1) is 0 Å². The van der Waals surface area contributed by atoms with Gasteiger partial charge in [-0.1, -0.05) is 20.3 Å². The van der Waals surface area contributed by atoms with Crippen LogP contribution in [0.2, 0.25) is 0 Å². The molecule has 0 aromatic rings. The first kappa shape index (κ1) is 12.0. The van der Waals surface area contributed by atoms with E-state index in [1.54, 1.807) is 0 Å². The molecule has 1 aliphatic rings. The summed E-state index contributed by atoms with van der Waals surface area (Å²) in [6.07, 6.45) is 1.27. The second-order valence-corrected chi connectivity index (χ2v) is 4.29. The minimum absolute atomic E-state index is 0.572. The Morgan fingerprint density at radius 3 is 3.00 bits per heavy atom. The van der Waals surface area contributed by atoms with E-state index in [-0.39, 0.29) is 0 Å². The molecule has 0 bridgehead atoms. The van der Waals surface area contributed by atoms with Gasteiger partial charge in [0.25, 0.3) is 0 Å². The van der Waals surface area contributed by atoms with Crippen molar-refractivity contribution in [3.05, 3.63) is 0 Å². The molecule has 0 aliphatic carbocycles. The van der Waals surface area contributed by atoms with E-state index in [0.717, 1.165) is 32.2 Å². The minimum atomic E-state index is 0.572. The third-order valence-electron chi connectivity index (χ3n) is 3.03. The van der Waals surface area contributed by atoms with Crippen molar-refractivity contribution in [2.75, 3.05) is 39.9 Å². The zero-order valence-electron chi connectivity index (χ0n) is 9.75. The fourth-order valence-electron chi connectivity index (χ4n) is 1.88. The van der Waals surface area contributed by atoms with Crippen molar-refractivity contribution in [1.29, 1.82) is 0 Å². The second-order valence-electron chi connectivity index (χ2n) is 4.29. The summed E-state index contributed by atoms with van der Waals surface area (Å²) < 4.78 is 5.50. The van der Waals surface area contributed by atoms with E-state index in [1.807, 2.05) is 7.05 Å². The molecule has 0 amide bonds. The van der Waals surface area contributed by atoms with E-state index in [9.17, 15) is 0 Å². The van der Waals surface area contributed by atoms with Gasteiger partial charge < -0.3 is 10.1 Å². The first-order valence-corrected chi connectivity index (χ1v) is 5.74. The molecule has 1 heterocycles. The molecule has 0 spiro atoms. The third kappa shape index (κ3) is 3.56. The number of likely N-dealkylation sites (N-methyl/N-ethyl adjacent to an activating group) is 1. The molecule has 0 radical (unpaired) electrons. The van der Waals surface area contributed by atoms with Crippen molar-refractivity contribution >= 4 is 0 Å². The van der Waals surface area contributed by atoms with Gasteiger partial charge in [0, 0.05) is 25.7 Å². The number of morpholine rings is 1. The van der Waals surface area contributed by atoms with Gasteiger partial charge in [0.05, 0.1) is 13.2 Å². The molecule has 84 valence electrons. The minimum Gasteiger partial charge on any atom is -0.378 e. The van der Waals surface area contributed by atoms with Crippen molar-refractivity contribution < 1.29 is 4.74 Å². The highest BCUT2D eigenvalue weighted by Crippen LogP contribution is 2.11. The first-order valence-electron chi connectivity index (χ1n) is 5.74. The normalized spacial score (nSPS) is 26.4. The molecule has 1 fully saturated rings. The highest BCUT2D eigenvalue weighted by Gasteiger charge is 2.22. The molecule has 1 N–H and O–H groups in total. The second kappa shape index (κ2) is 6.38. The maximum Gasteiger partial charge on any atom is 0.0634 e. The van der Waals surface area contributed by atoms with Gasteiger partial charge in [-0.3, -0.25) is 4.90 Å². The zero-order valence-corrected chi connectivity index (χ0v) is 9.75. The molecule has 0 aromatic carbocycles. The Balaban J connectivity index is 2.37. The monoisotopic (exact) mass is 200 g/mol. The summed E-state index contributed by atoms with van der Waals surface area (Å²) in [7, 11) is 2.01. The molecule has 3 nitrogen and oxygen atoms in total. The molecule has 0 saturated carbocycles. The highest BCUT2D eigenvalue weighted by atomic mass is 16.5. The van der Waals surface area contributed by atoms with E-state index in [1.165, 1.54) is 13.0 Å². The first-order chi connectivity index (χ1) is 6.77. The number of hydrogen-bond acceptors (Lipinski definition) is 3.